The number of halogens is 2. The van der Waals surface area contributed by atoms with Gasteiger partial charge in [-0.05, 0) is 37.5 Å². The van der Waals surface area contributed by atoms with Crippen molar-refractivity contribution in [3.05, 3.63) is 47.0 Å². The Labute approximate surface area is 171 Å². The molecular formula is C18H28BrIN4. The minimum absolute atomic E-state index is 0. The fourth-order valence-electron chi connectivity index (χ4n) is 2.75. The molecule has 134 valence electrons. The highest BCUT2D eigenvalue weighted by molar-refractivity contribution is 14.0. The molecule has 0 amide bonds. The Morgan fingerprint density at radius 1 is 1.33 bits per heavy atom. The van der Waals surface area contributed by atoms with E-state index in [2.05, 4.69) is 74.2 Å². The van der Waals surface area contributed by atoms with Crippen molar-refractivity contribution < 1.29 is 0 Å². The van der Waals surface area contributed by atoms with E-state index in [9.17, 15) is 0 Å². The van der Waals surface area contributed by atoms with Gasteiger partial charge in [0.15, 0.2) is 5.96 Å². The Balaban J connectivity index is 0.00000288. The summed E-state index contributed by atoms with van der Waals surface area (Å²) in [5.41, 5.74) is 1.38. The molecule has 24 heavy (non-hydrogen) atoms. The van der Waals surface area contributed by atoms with Crippen molar-refractivity contribution in [2.75, 3.05) is 26.2 Å². The summed E-state index contributed by atoms with van der Waals surface area (Å²) in [7, 11) is 0. The van der Waals surface area contributed by atoms with Crippen molar-refractivity contribution in [2.24, 2.45) is 4.99 Å². The van der Waals surface area contributed by atoms with Crippen LogP contribution < -0.4 is 10.6 Å². The Morgan fingerprint density at radius 2 is 2.00 bits per heavy atom. The van der Waals surface area contributed by atoms with E-state index in [1.54, 1.807) is 0 Å². The highest BCUT2D eigenvalue weighted by Crippen LogP contribution is 2.16. The second kappa shape index (κ2) is 11.9. The molecule has 1 aromatic carbocycles. The molecule has 0 bridgehead atoms. The second-order valence-corrected chi connectivity index (χ2v) is 6.75. The van der Waals surface area contributed by atoms with Crippen molar-refractivity contribution in [2.45, 2.75) is 32.4 Å². The average molecular weight is 507 g/mol. The molecule has 1 aliphatic rings. The quantitative estimate of drug-likeness (QED) is 0.267. The maximum absolute atomic E-state index is 4.48. The normalized spacial score (nSPS) is 16.3. The van der Waals surface area contributed by atoms with E-state index in [0.717, 1.165) is 49.5 Å². The summed E-state index contributed by atoms with van der Waals surface area (Å²) >= 11 is 3.49. The number of aliphatic imine (C=N–C) groups is 1. The van der Waals surface area contributed by atoms with Gasteiger partial charge >= 0.3 is 0 Å². The van der Waals surface area contributed by atoms with Gasteiger partial charge in [-0.25, -0.2) is 4.99 Å². The monoisotopic (exact) mass is 506 g/mol. The van der Waals surface area contributed by atoms with E-state index >= 15 is 0 Å². The lowest BCUT2D eigenvalue weighted by Gasteiger charge is -2.33. The first-order valence-corrected chi connectivity index (χ1v) is 9.13. The largest absolute Gasteiger partial charge is 0.357 e. The molecule has 0 aliphatic carbocycles. The zero-order chi connectivity index (χ0) is 16.5. The minimum atomic E-state index is 0. The minimum Gasteiger partial charge on any atom is -0.357 e. The van der Waals surface area contributed by atoms with E-state index in [1.165, 1.54) is 5.56 Å². The number of guanidine groups is 1. The predicted molar refractivity (Wildman–Crippen MR) is 117 cm³/mol. The molecule has 1 saturated heterocycles. The summed E-state index contributed by atoms with van der Waals surface area (Å²) in [5.74, 6) is 0.902. The molecule has 1 fully saturated rings. The van der Waals surface area contributed by atoms with E-state index in [4.69, 9.17) is 0 Å². The number of piperidine rings is 1. The van der Waals surface area contributed by atoms with Crippen molar-refractivity contribution in [1.82, 2.24) is 15.5 Å². The third-order valence-electron chi connectivity index (χ3n) is 3.97. The van der Waals surface area contributed by atoms with Crippen LogP contribution in [0.2, 0.25) is 0 Å². The summed E-state index contributed by atoms with van der Waals surface area (Å²) in [6.45, 7) is 10.6. The lowest BCUT2D eigenvalue weighted by atomic mass is 10.0. The van der Waals surface area contributed by atoms with Crippen LogP contribution in [0, 0.1) is 0 Å². The summed E-state index contributed by atoms with van der Waals surface area (Å²) in [6.07, 6.45) is 4.11. The number of nitrogens with one attached hydrogen (secondary N) is 2. The van der Waals surface area contributed by atoms with Crippen LogP contribution in [-0.2, 0) is 6.54 Å². The Morgan fingerprint density at radius 3 is 2.58 bits per heavy atom. The van der Waals surface area contributed by atoms with E-state index in [1.807, 2.05) is 6.08 Å². The van der Waals surface area contributed by atoms with Gasteiger partial charge in [-0.1, -0.05) is 34.1 Å². The van der Waals surface area contributed by atoms with Crippen LogP contribution in [0.3, 0.4) is 0 Å². The first-order chi connectivity index (χ1) is 11.2. The molecule has 0 atom stereocenters. The molecule has 0 aromatic heterocycles. The summed E-state index contributed by atoms with van der Waals surface area (Å²) < 4.78 is 1.14. The molecule has 1 aliphatic heterocycles. The molecule has 6 heteroatoms. The lowest BCUT2D eigenvalue weighted by Crippen LogP contribution is -2.48. The number of nitrogens with zero attached hydrogens (tertiary/aromatic N) is 2. The van der Waals surface area contributed by atoms with Crippen molar-refractivity contribution >= 4 is 45.9 Å². The first kappa shape index (κ1) is 21.4. The van der Waals surface area contributed by atoms with Crippen LogP contribution in [0.15, 0.2) is 46.4 Å². The maximum Gasteiger partial charge on any atom is 0.191 e. The van der Waals surface area contributed by atoms with E-state index in [-0.39, 0.29) is 24.0 Å². The fraction of sp³-hybridized carbons (Fsp3) is 0.500. The predicted octanol–water partition coefficient (Wildman–Crippen LogP) is 3.77. The molecule has 0 radical (unpaired) electrons. The van der Waals surface area contributed by atoms with Crippen LogP contribution in [0.25, 0.3) is 0 Å². The highest BCUT2D eigenvalue weighted by atomic mass is 127. The van der Waals surface area contributed by atoms with Gasteiger partial charge in [0, 0.05) is 36.7 Å². The maximum atomic E-state index is 4.48. The zero-order valence-corrected chi connectivity index (χ0v) is 18.2. The number of likely N-dealkylation sites (tertiary alicyclic amines) is 1. The third kappa shape index (κ3) is 7.53. The van der Waals surface area contributed by atoms with Gasteiger partial charge in [0.2, 0.25) is 0 Å². The van der Waals surface area contributed by atoms with Gasteiger partial charge in [-0.15, -0.1) is 30.6 Å². The summed E-state index contributed by atoms with van der Waals surface area (Å²) in [4.78, 5) is 7.00. The fourth-order valence-corrected chi connectivity index (χ4v) is 3.02. The molecule has 1 heterocycles. The van der Waals surface area contributed by atoms with Crippen LogP contribution in [0.4, 0.5) is 0 Å². The topological polar surface area (TPSA) is 39.7 Å². The lowest BCUT2D eigenvalue weighted by molar-refractivity contribution is 0.198. The first-order valence-electron chi connectivity index (χ1n) is 8.33. The number of hydrogen-bond acceptors (Lipinski definition) is 2. The molecule has 0 saturated carbocycles. The zero-order valence-electron chi connectivity index (χ0n) is 14.3. The Hall–Kier alpha value is -0.600. The Kier molecular flexibility index (Phi) is 10.6. The van der Waals surface area contributed by atoms with Crippen molar-refractivity contribution in [3.63, 3.8) is 0 Å². The second-order valence-electron chi connectivity index (χ2n) is 5.83. The summed E-state index contributed by atoms with van der Waals surface area (Å²) in [5, 5.41) is 6.84. The SMILES string of the molecule is C=CCN=C(NCC)NC1CCN(Cc2ccc(Br)cc2)CC1.I. The van der Waals surface area contributed by atoms with Crippen LogP contribution >= 0.6 is 39.9 Å². The van der Waals surface area contributed by atoms with Gasteiger partial charge in [-0.2, -0.15) is 0 Å². The molecule has 4 nitrogen and oxygen atoms in total. The number of hydrogen-bond donors (Lipinski definition) is 2. The molecule has 2 rings (SSSR count). The van der Waals surface area contributed by atoms with Crippen LogP contribution in [-0.4, -0.2) is 43.1 Å². The van der Waals surface area contributed by atoms with Gasteiger partial charge in [0.1, 0.15) is 0 Å². The standard InChI is InChI=1S/C18H27BrN4.HI/c1-3-11-21-18(20-4-2)22-17-9-12-23(13-10-17)14-15-5-7-16(19)8-6-15;/h3,5-8,17H,1,4,9-14H2,2H3,(H2,20,21,22);1H. The van der Waals surface area contributed by atoms with Crippen molar-refractivity contribution in [1.29, 1.82) is 0 Å². The molecule has 0 unspecified atom stereocenters. The van der Waals surface area contributed by atoms with Gasteiger partial charge in [0.05, 0.1) is 6.54 Å². The average Bonchev–Trinajstić information content (AvgIpc) is 2.57. The molecule has 2 N–H and O–H groups in total. The summed E-state index contributed by atoms with van der Waals surface area (Å²) in [6, 6.07) is 9.11. The highest BCUT2D eigenvalue weighted by Gasteiger charge is 2.19. The molecule has 0 spiro atoms. The van der Waals surface area contributed by atoms with E-state index < -0.39 is 0 Å². The van der Waals surface area contributed by atoms with Gasteiger partial charge in [-0.3, -0.25) is 4.90 Å². The Bertz CT molecular complexity index is 510. The number of benzene rings is 1. The number of rotatable bonds is 6. The van der Waals surface area contributed by atoms with Gasteiger partial charge < -0.3 is 10.6 Å². The van der Waals surface area contributed by atoms with Crippen molar-refractivity contribution in [3.8, 4) is 0 Å². The van der Waals surface area contributed by atoms with Gasteiger partial charge in [0.25, 0.3) is 0 Å². The third-order valence-corrected chi connectivity index (χ3v) is 4.50. The van der Waals surface area contributed by atoms with Crippen LogP contribution in [0.5, 0.6) is 0 Å². The smallest absolute Gasteiger partial charge is 0.191 e. The molecule has 1 aromatic rings. The van der Waals surface area contributed by atoms with E-state index in [0.29, 0.717) is 12.6 Å². The molecular weight excluding hydrogens is 479 g/mol. The van der Waals surface area contributed by atoms with Crippen LogP contribution in [0.1, 0.15) is 25.3 Å².